The zero-order chi connectivity index (χ0) is 17.7. The number of ether oxygens (including phenoxy) is 1. The van der Waals surface area contributed by atoms with Gasteiger partial charge in [-0.15, -0.1) is 0 Å². The molecular weight excluding hydrogens is 358 g/mol. The minimum absolute atomic E-state index is 0.0670. The van der Waals surface area contributed by atoms with Crippen molar-refractivity contribution in [1.82, 2.24) is 0 Å². The van der Waals surface area contributed by atoms with E-state index in [1.807, 2.05) is 0 Å². The number of nitrogens with zero attached hydrogens (tertiary/aromatic N) is 1. The molecule has 2 aromatic carbocycles. The maximum Gasteiger partial charge on any atom is 0.341 e. The van der Waals surface area contributed by atoms with Gasteiger partial charge in [-0.05, 0) is 30.3 Å². The van der Waals surface area contributed by atoms with Crippen molar-refractivity contribution in [3.05, 3.63) is 63.4 Å². The van der Waals surface area contributed by atoms with Gasteiger partial charge in [0.1, 0.15) is 5.82 Å². The largest absolute Gasteiger partial charge is 0.452 e. The molecule has 0 bridgehead atoms. The molecule has 0 aromatic heterocycles. The lowest BCUT2D eigenvalue weighted by Gasteiger charge is -2.09. The normalized spacial score (nSPS) is 9.92. The van der Waals surface area contributed by atoms with Crippen LogP contribution in [-0.2, 0) is 9.53 Å². The van der Waals surface area contributed by atoms with Crippen molar-refractivity contribution in [1.29, 1.82) is 5.26 Å². The van der Waals surface area contributed by atoms with E-state index >= 15 is 0 Å². The number of carbonyl (C=O) groups excluding carboxylic acids is 2. The standard InChI is InChI=1S/C16H9Cl2FN2O3/c17-11-2-1-3-13(15(11)18)21-14(22)8-24-16(23)10-5-4-9(7-20)6-12(10)19/h1-6H,8H2,(H,21,22). The van der Waals surface area contributed by atoms with Crippen LogP contribution >= 0.6 is 23.2 Å². The van der Waals surface area contributed by atoms with E-state index in [0.29, 0.717) is 0 Å². The third kappa shape index (κ3) is 4.22. The molecule has 1 N–H and O–H groups in total. The maximum atomic E-state index is 13.7. The summed E-state index contributed by atoms with van der Waals surface area (Å²) in [6, 6.07) is 9.69. The molecular formula is C16H9Cl2FN2O3. The summed E-state index contributed by atoms with van der Waals surface area (Å²) in [7, 11) is 0. The first-order chi connectivity index (χ1) is 11.4. The Labute approximate surface area is 146 Å². The molecule has 1 amide bonds. The average Bonchev–Trinajstić information content (AvgIpc) is 2.56. The summed E-state index contributed by atoms with van der Waals surface area (Å²) in [5.74, 6) is -2.59. The SMILES string of the molecule is N#Cc1ccc(C(=O)OCC(=O)Nc2cccc(Cl)c2Cl)c(F)c1. The summed E-state index contributed by atoms with van der Waals surface area (Å²) in [5.41, 5.74) is -0.0465. The van der Waals surface area contributed by atoms with Crippen molar-refractivity contribution in [2.24, 2.45) is 0 Å². The first kappa shape index (κ1) is 17.7. The third-order valence-corrected chi connectivity index (χ3v) is 3.70. The van der Waals surface area contributed by atoms with Crippen molar-refractivity contribution in [2.75, 3.05) is 11.9 Å². The second-order valence-electron chi connectivity index (χ2n) is 4.53. The quantitative estimate of drug-likeness (QED) is 0.834. The molecule has 0 radical (unpaired) electrons. The number of halogens is 3. The minimum Gasteiger partial charge on any atom is -0.452 e. The van der Waals surface area contributed by atoms with Crippen molar-refractivity contribution < 1.29 is 18.7 Å². The van der Waals surface area contributed by atoms with Gasteiger partial charge in [0, 0.05) is 0 Å². The summed E-state index contributed by atoms with van der Waals surface area (Å²) < 4.78 is 18.4. The van der Waals surface area contributed by atoms with Gasteiger partial charge in [0.15, 0.2) is 6.61 Å². The molecule has 0 aliphatic heterocycles. The lowest BCUT2D eigenvalue weighted by Crippen LogP contribution is -2.21. The number of amides is 1. The van der Waals surface area contributed by atoms with E-state index in [1.54, 1.807) is 18.2 Å². The Morgan fingerprint density at radius 1 is 1.25 bits per heavy atom. The zero-order valence-corrected chi connectivity index (χ0v) is 13.5. The van der Waals surface area contributed by atoms with Crippen LogP contribution in [0.5, 0.6) is 0 Å². The number of esters is 1. The number of nitriles is 1. The van der Waals surface area contributed by atoms with Gasteiger partial charge in [-0.2, -0.15) is 5.26 Å². The number of anilines is 1. The predicted octanol–water partition coefficient (Wildman–Crippen LogP) is 3.80. The van der Waals surface area contributed by atoms with Crippen molar-refractivity contribution in [2.45, 2.75) is 0 Å². The highest BCUT2D eigenvalue weighted by Gasteiger charge is 2.16. The molecule has 122 valence electrons. The van der Waals surface area contributed by atoms with E-state index in [4.69, 9.17) is 33.2 Å². The van der Waals surface area contributed by atoms with Crippen molar-refractivity contribution in [3.8, 4) is 6.07 Å². The molecule has 0 aliphatic carbocycles. The van der Waals surface area contributed by atoms with E-state index in [0.717, 1.165) is 12.1 Å². The highest BCUT2D eigenvalue weighted by Crippen LogP contribution is 2.29. The van der Waals surface area contributed by atoms with Gasteiger partial charge < -0.3 is 10.1 Å². The predicted molar refractivity (Wildman–Crippen MR) is 86.5 cm³/mol. The first-order valence-corrected chi connectivity index (χ1v) is 7.28. The lowest BCUT2D eigenvalue weighted by molar-refractivity contribution is -0.119. The Kier molecular flexibility index (Phi) is 5.74. The second-order valence-corrected chi connectivity index (χ2v) is 5.32. The van der Waals surface area contributed by atoms with E-state index in [1.165, 1.54) is 12.1 Å². The Morgan fingerprint density at radius 3 is 2.67 bits per heavy atom. The van der Waals surface area contributed by atoms with Gasteiger partial charge in [0.25, 0.3) is 5.91 Å². The van der Waals surface area contributed by atoms with Crippen LogP contribution in [0.1, 0.15) is 15.9 Å². The van der Waals surface area contributed by atoms with Crippen LogP contribution in [0.15, 0.2) is 36.4 Å². The number of benzene rings is 2. The fourth-order valence-electron chi connectivity index (χ4n) is 1.75. The minimum atomic E-state index is -1.02. The monoisotopic (exact) mass is 366 g/mol. The average molecular weight is 367 g/mol. The summed E-state index contributed by atoms with van der Waals surface area (Å²) in [4.78, 5) is 23.5. The second kappa shape index (κ2) is 7.77. The van der Waals surface area contributed by atoms with Crippen LogP contribution < -0.4 is 5.32 Å². The number of hydrogen-bond donors (Lipinski definition) is 1. The van der Waals surface area contributed by atoms with Crippen LogP contribution in [-0.4, -0.2) is 18.5 Å². The zero-order valence-electron chi connectivity index (χ0n) is 12.0. The molecule has 0 saturated carbocycles. The Balaban J connectivity index is 1.98. The van der Waals surface area contributed by atoms with Gasteiger partial charge in [0.2, 0.25) is 0 Å². The van der Waals surface area contributed by atoms with E-state index in [-0.39, 0.29) is 26.9 Å². The summed E-state index contributed by atoms with van der Waals surface area (Å²) in [5, 5.41) is 11.5. The van der Waals surface area contributed by atoms with Crippen LogP contribution in [0.2, 0.25) is 10.0 Å². The molecule has 0 unspecified atom stereocenters. The molecule has 8 heteroatoms. The molecule has 0 fully saturated rings. The number of hydrogen-bond acceptors (Lipinski definition) is 4. The van der Waals surface area contributed by atoms with E-state index in [9.17, 15) is 14.0 Å². The molecule has 2 aromatic rings. The third-order valence-electron chi connectivity index (χ3n) is 2.88. The van der Waals surface area contributed by atoms with Crippen LogP contribution in [0.25, 0.3) is 0 Å². The topological polar surface area (TPSA) is 79.2 Å². The molecule has 0 spiro atoms. The summed E-state index contributed by atoms with van der Waals surface area (Å²) >= 11 is 11.7. The van der Waals surface area contributed by atoms with Gasteiger partial charge in [-0.25, -0.2) is 9.18 Å². The first-order valence-electron chi connectivity index (χ1n) is 6.53. The number of rotatable bonds is 4. The van der Waals surface area contributed by atoms with Crippen molar-refractivity contribution in [3.63, 3.8) is 0 Å². The summed E-state index contributed by atoms with van der Waals surface area (Å²) in [6.07, 6.45) is 0. The molecule has 24 heavy (non-hydrogen) atoms. The molecule has 0 aliphatic rings. The summed E-state index contributed by atoms with van der Waals surface area (Å²) in [6.45, 7) is -0.638. The highest BCUT2D eigenvalue weighted by atomic mass is 35.5. The van der Waals surface area contributed by atoms with Gasteiger partial charge >= 0.3 is 5.97 Å². The van der Waals surface area contributed by atoms with E-state index < -0.39 is 24.3 Å². The number of carbonyl (C=O) groups is 2. The molecule has 0 heterocycles. The highest BCUT2D eigenvalue weighted by molar-refractivity contribution is 6.44. The Hall–Kier alpha value is -2.62. The van der Waals surface area contributed by atoms with Crippen LogP contribution in [0, 0.1) is 17.1 Å². The van der Waals surface area contributed by atoms with Crippen LogP contribution in [0.3, 0.4) is 0 Å². The molecule has 2 rings (SSSR count). The molecule has 0 atom stereocenters. The fourth-order valence-corrected chi connectivity index (χ4v) is 2.09. The van der Waals surface area contributed by atoms with Gasteiger partial charge in [-0.1, -0.05) is 29.3 Å². The smallest absolute Gasteiger partial charge is 0.341 e. The van der Waals surface area contributed by atoms with Gasteiger partial charge in [0.05, 0.1) is 32.9 Å². The molecule has 0 saturated heterocycles. The molecule has 5 nitrogen and oxygen atoms in total. The maximum absolute atomic E-state index is 13.7. The lowest BCUT2D eigenvalue weighted by atomic mass is 10.1. The van der Waals surface area contributed by atoms with Crippen molar-refractivity contribution >= 4 is 40.8 Å². The van der Waals surface area contributed by atoms with Crippen LogP contribution in [0.4, 0.5) is 10.1 Å². The van der Waals surface area contributed by atoms with E-state index in [2.05, 4.69) is 5.32 Å². The Morgan fingerprint density at radius 2 is 2.00 bits per heavy atom. The number of nitrogens with one attached hydrogen (secondary N) is 1. The Bertz CT molecular complexity index is 850. The fraction of sp³-hybridized carbons (Fsp3) is 0.0625. The van der Waals surface area contributed by atoms with Gasteiger partial charge in [-0.3, -0.25) is 4.79 Å².